The zero-order chi connectivity index (χ0) is 19.9. The number of anilines is 1. The minimum absolute atomic E-state index is 0.0834. The molecule has 0 saturated heterocycles. The van der Waals surface area contributed by atoms with Crippen LogP contribution in [0.15, 0.2) is 36.4 Å². The molecule has 1 aliphatic rings. The molecule has 0 aliphatic carbocycles. The zero-order valence-electron chi connectivity index (χ0n) is 13.8. The highest BCUT2D eigenvalue weighted by Gasteiger charge is 2.42. The fourth-order valence-corrected chi connectivity index (χ4v) is 3.29. The topological polar surface area (TPSA) is 101 Å². The highest BCUT2D eigenvalue weighted by atomic mass is 35.5. The molecule has 0 aromatic heterocycles. The van der Waals surface area contributed by atoms with Crippen molar-refractivity contribution in [3.63, 3.8) is 0 Å². The molecule has 0 radical (unpaired) electrons. The SMILES string of the molecule is CC(=O)N(CN1C(=O)c2cccc([N+](=O)[O-])c2C1=O)c1ccc(Cl)cc1Cl. The van der Waals surface area contributed by atoms with Crippen molar-refractivity contribution in [3.05, 3.63) is 67.7 Å². The van der Waals surface area contributed by atoms with Gasteiger partial charge in [0, 0.05) is 18.0 Å². The second-order valence-electron chi connectivity index (χ2n) is 5.68. The molecule has 0 bridgehead atoms. The maximum absolute atomic E-state index is 12.7. The van der Waals surface area contributed by atoms with Gasteiger partial charge in [-0.05, 0) is 24.3 Å². The Kier molecular flexibility index (Phi) is 4.86. The molecular formula is C17H11Cl2N3O5. The number of fused-ring (bicyclic) bond motifs is 1. The number of nitro groups is 1. The lowest BCUT2D eigenvalue weighted by atomic mass is 10.1. The van der Waals surface area contributed by atoms with E-state index in [4.69, 9.17) is 23.2 Å². The number of nitro benzene ring substituents is 1. The normalized spacial score (nSPS) is 12.9. The van der Waals surface area contributed by atoms with Crippen molar-refractivity contribution in [3.8, 4) is 0 Å². The van der Waals surface area contributed by atoms with Gasteiger partial charge >= 0.3 is 0 Å². The third-order valence-corrected chi connectivity index (χ3v) is 4.58. The summed E-state index contributed by atoms with van der Waals surface area (Å²) in [4.78, 5) is 49.7. The summed E-state index contributed by atoms with van der Waals surface area (Å²) in [5.74, 6) is -2.06. The van der Waals surface area contributed by atoms with Crippen LogP contribution in [0.5, 0.6) is 0 Å². The maximum atomic E-state index is 12.7. The summed E-state index contributed by atoms with van der Waals surface area (Å²) in [6.45, 7) is 0.797. The van der Waals surface area contributed by atoms with Crippen LogP contribution in [-0.4, -0.2) is 34.2 Å². The van der Waals surface area contributed by atoms with E-state index < -0.39 is 35.0 Å². The van der Waals surface area contributed by atoms with Crippen molar-refractivity contribution in [2.24, 2.45) is 0 Å². The molecule has 0 atom stereocenters. The van der Waals surface area contributed by atoms with Crippen LogP contribution in [0, 0.1) is 10.1 Å². The van der Waals surface area contributed by atoms with Crippen LogP contribution in [-0.2, 0) is 4.79 Å². The van der Waals surface area contributed by atoms with Gasteiger partial charge in [0.25, 0.3) is 17.5 Å². The van der Waals surface area contributed by atoms with Crippen LogP contribution in [0.2, 0.25) is 10.0 Å². The van der Waals surface area contributed by atoms with Crippen molar-refractivity contribution in [2.45, 2.75) is 6.92 Å². The van der Waals surface area contributed by atoms with Gasteiger partial charge in [-0.2, -0.15) is 0 Å². The zero-order valence-corrected chi connectivity index (χ0v) is 15.3. The van der Waals surface area contributed by atoms with E-state index in [1.807, 2.05) is 0 Å². The number of rotatable bonds is 4. The number of benzene rings is 2. The molecule has 1 heterocycles. The Hall–Kier alpha value is -2.97. The number of hydrogen-bond donors (Lipinski definition) is 0. The highest BCUT2D eigenvalue weighted by molar-refractivity contribution is 6.36. The summed E-state index contributed by atoms with van der Waals surface area (Å²) in [5, 5.41) is 11.7. The lowest BCUT2D eigenvalue weighted by Gasteiger charge is -2.26. The Balaban J connectivity index is 2.00. The van der Waals surface area contributed by atoms with Gasteiger partial charge in [-0.25, -0.2) is 0 Å². The number of hydrogen-bond acceptors (Lipinski definition) is 5. The molecular weight excluding hydrogens is 397 g/mol. The highest BCUT2D eigenvalue weighted by Crippen LogP contribution is 2.33. The monoisotopic (exact) mass is 407 g/mol. The predicted molar refractivity (Wildman–Crippen MR) is 98.1 cm³/mol. The number of carbonyl (C=O) groups excluding carboxylic acids is 3. The standard InChI is InChI=1S/C17H11Cl2N3O5/c1-9(23)20(13-6-5-10(18)7-12(13)19)8-21-16(24)11-3-2-4-14(22(26)27)15(11)17(21)25/h2-7H,8H2,1H3. The first-order valence-electron chi connectivity index (χ1n) is 7.59. The largest absolute Gasteiger partial charge is 0.292 e. The molecule has 2 aromatic rings. The van der Waals surface area contributed by atoms with E-state index in [9.17, 15) is 24.5 Å². The van der Waals surface area contributed by atoms with Gasteiger partial charge in [0.05, 0.1) is 21.2 Å². The van der Waals surface area contributed by atoms with Gasteiger partial charge in [0.15, 0.2) is 0 Å². The molecule has 27 heavy (non-hydrogen) atoms. The van der Waals surface area contributed by atoms with Gasteiger partial charge in [-0.15, -0.1) is 0 Å². The number of halogens is 2. The van der Waals surface area contributed by atoms with Gasteiger partial charge in [-0.1, -0.05) is 29.3 Å². The summed E-state index contributed by atoms with van der Waals surface area (Å²) in [7, 11) is 0. The minimum atomic E-state index is -0.848. The molecule has 3 amide bonds. The fraction of sp³-hybridized carbons (Fsp3) is 0.118. The first-order chi connectivity index (χ1) is 12.7. The van der Waals surface area contributed by atoms with Gasteiger partial charge in [-0.3, -0.25) is 34.3 Å². The second kappa shape index (κ2) is 6.98. The number of imide groups is 1. The van der Waals surface area contributed by atoms with Crippen molar-refractivity contribution < 1.29 is 19.3 Å². The first-order valence-corrected chi connectivity index (χ1v) is 8.34. The average molecular weight is 408 g/mol. The van der Waals surface area contributed by atoms with Crippen LogP contribution in [0.3, 0.4) is 0 Å². The third kappa shape index (κ3) is 3.24. The number of amides is 3. The summed E-state index contributed by atoms with van der Waals surface area (Å²) < 4.78 is 0. The van der Waals surface area contributed by atoms with E-state index in [1.54, 1.807) is 0 Å². The molecule has 0 fully saturated rings. The van der Waals surface area contributed by atoms with Crippen LogP contribution in [0.25, 0.3) is 0 Å². The Labute approximate surface area is 163 Å². The molecule has 0 unspecified atom stereocenters. The quantitative estimate of drug-likeness (QED) is 0.438. The Bertz CT molecular complexity index is 1010. The molecule has 10 heteroatoms. The maximum Gasteiger partial charge on any atom is 0.282 e. The number of nitrogens with zero attached hydrogens (tertiary/aromatic N) is 3. The molecule has 3 rings (SSSR count). The molecule has 2 aromatic carbocycles. The van der Waals surface area contributed by atoms with E-state index in [0.29, 0.717) is 5.02 Å². The first kappa shape index (κ1) is 18.8. The molecule has 1 aliphatic heterocycles. The Morgan fingerprint density at radius 1 is 1.19 bits per heavy atom. The minimum Gasteiger partial charge on any atom is -0.292 e. The lowest BCUT2D eigenvalue weighted by molar-refractivity contribution is -0.385. The van der Waals surface area contributed by atoms with Gasteiger partial charge in [0.1, 0.15) is 12.2 Å². The number of carbonyl (C=O) groups is 3. The van der Waals surface area contributed by atoms with Crippen LogP contribution in [0.1, 0.15) is 27.6 Å². The van der Waals surface area contributed by atoms with E-state index in [2.05, 4.69) is 0 Å². The van der Waals surface area contributed by atoms with E-state index >= 15 is 0 Å². The second-order valence-corrected chi connectivity index (χ2v) is 6.52. The van der Waals surface area contributed by atoms with E-state index in [0.717, 1.165) is 15.9 Å². The Morgan fingerprint density at radius 2 is 1.89 bits per heavy atom. The van der Waals surface area contributed by atoms with Crippen molar-refractivity contribution in [1.29, 1.82) is 0 Å². The average Bonchev–Trinajstić information content (AvgIpc) is 2.84. The summed E-state index contributed by atoms with van der Waals surface area (Å²) in [6.07, 6.45) is 0. The molecule has 0 N–H and O–H groups in total. The molecule has 0 saturated carbocycles. The van der Waals surface area contributed by atoms with Crippen LogP contribution >= 0.6 is 23.2 Å². The van der Waals surface area contributed by atoms with Crippen LogP contribution in [0.4, 0.5) is 11.4 Å². The van der Waals surface area contributed by atoms with E-state index in [1.165, 1.54) is 37.3 Å². The third-order valence-electron chi connectivity index (χ3n) is 4.04. The summed E-state index contributed by atoms with van der Waals surface area (Å²) in [5.41, 5.74) is -0.593. The van der Waals surface area contributed by atoms with Gasteiger partial charge in [0.2, 0.25) is 5.91 Å². The van der Waals surface area contributed by atoms with E-state index in [-0.39, 0.29) is 21.8 Å². The van der Waals surface area contributed by atoms with Crippen molar-refractivity contribution in [2.75, 3.05) is 11.6 Å². The molecule has 0 spiro atoms. The fourth-order valence-electron chi connectivity index (χ4n) is 2.78. The Morgan fingerprint density at radius 3 is 2.48 bits per heavy atom. The molecule has 138 valence electrons. The summed E-state index contributed by atoms with van der Waals surface area (Å²) in [6, 6.07) is 8.20. The van der Waals surface area contributed by atoms with Crippen molar-refractivity contribution in [1.82, 2.24) is 4.90 Å². The summed E-state index contributed by atoms with van der Waals surface area (Å²) >= 11 is 12.0. The molecule has 8 nitrogen and oxygen atoms in total. The smallest absolute Gasteiger partial charge is 0.282 e. The van der Waals surface area contributed by atoms with Crippen molar-refractivity contribution >= 4 is 52.3 Å². The van der Waals surface area contributed by atoms with Crippen LogP contribution < -0.4 is 4.90 Å². The lowest BCUT2D eigenvalue weighted by Crippen LogP contribution is -2.43. The predicted octanol–water partition coefficient (Wildman–Crippen LogP) is 3.51. The van der Waals surface area contributed by atoms with Gasteiger partial charge < -0.3 is 0 Å².